The summed E-state index contributed by atoms with van der Waals surface area (Å²) < 4.78 is 10.8. The van der Waals surface area contributed by atoms with Crippen LogP contribution in [0.4, 0.5) is 16.4 Å². The molecule has 0 bridgehead atoms. The molecule has 3 atom stereocenters. The molecular formula is C23H26ClN5O4. The van der Waals surface area contributed by atoms with Gasteiger partial charge in [-0.15, -0.1) is 0 Å². The van der Waals surface area contributed by atoms with Crippen LogP contribution in [0.25, 0.3) is 0 Å². The fourth-order valence-corrected chi connectivity index (χ4v) is 4.91. The van der Waals surface area contributed by atoms with Crippen LogP contribution in [0.3, 0.4) is 0 Å². The highest BCUT2D eigenvalue weighted by atomic mass is 35.5. The van der Waals surface area contributed by atoms with Gasteiger partial charge in [0.2, 0.25) is 0 Å². The normalized spacial score (nSPS) is 23.6. The molecule has 1 aromatic heterocycles. The third-order valence-corrected chi connectivity index (χ3v) is 6.74. The van der Waals surface area contributed by atoms with Crippen LogP contribution in [-0.4, -0.2) is 49.3 Å². The molecule has 4 N–H and O–H groups in total. The van der Waals surface area contributed by atoms with Crippen LogP contribution in [0.1, 0.15) is 30.0 Å². The molecule has 3 heterocycles. The summed E-state index contributed by atoms with van der Waals surface area (Å²) in [7, 11) is 0. The quantitative estimate of drug-likeness (QED) is 0.531. The standard InChI is InChI=1S/C23H26ClN5O4/c24-17-5-1-4-15-16(17)9-13(21(15)25)10-26-8-2-3-14-11-29(23(31)33-14)19-7-6-18-22(27-19)28-20(30)12-32-18/h1,4-7,13-14,21,26H,2-3,8-12,25H2,(H,27,28,30). The molecule has 174 valence electrons. The molecule has 9 nitrogen and oxygen atoms in total. The van der Waals surface area contributed by atoms with Crippen molar-refractivity contribution in [3.63, 3.8) is 0 Å². The Morgan fingerprint density at radius 3 is 3.00 bits per heavy atom. The van der Waals surface area contributed by atoms with E-state index in [0.29, 0.717) is 29.8 Å². The number of carbonyl (C=O) groups excluding carboxylic acids is 2. The lowest BCUT2D eigenvalue weighted by atomic mass is 10.0. The Bertz CT molecular complexity index is 1080. The Kier molecular flexibility index (Phi) is 6.09. The molecule has 10 heteroatoms. The monoisotopic (exact) mass is 471 g/mol. The minimum atomic E-state index is -0.435. The second kappa shape index (κ2) is 9.17. The van der Waals surface area contributed by atoms with Gasteiger partial charge in [-0.3, -0.25) is 9.69 Å². The molecule has 1 fully saturated rings. The molecule has 0 spiro atoms. The van der Waals surface area contributed by atoms with Crippen molar-refractivity contribution in [1.29, 1.82) is 0 Å². The maximum absolute atomic E-state index is 12.4. The van der Waals surface area contributed by atoms with E-state index in [1.807, 2.05) is 12.1 Å². The predicted octanol–water partition coefficient (Wildman–Crippen LogP) is 2.63. The first-order valence-electron chi connectivity index (χ1n) is 11.1. The van der Waals surface area contributed by atoms with Crippen LogP contribution in [0.5, 0.6) is 5.75 Å². The molecule has 3 unspecified atom stereocenters. The van der Waals surface area contributed by atoms with E-state index in [0.717, 1.165) is 42.9 Å². The zero-order chi connectivity index (χ0) is 22.9. The molecular weight excluding hydrogens is 446 g/mol. The van der Waals surface area contributed by atoms with Crippen LogP contribution in [0.15, 0.2) is 30.3 Å². The number of benzene rings is 1. The summed E-state index contributed by atoms with van der Waals surface area (Å²) in [4.78, 5) is 29.7. The number of halogens is 1. The van der Waals surface area contributed by atoms with Gasteiger partial charge in [0.15, 0.2) is 18.2 Å². The smallest absolute Gasteiger partial charge is 0.415 e. The molecule has 5 rings (SSSR count). The largest absolute Gasteiger partial charge is 0.480 e. The number of nitrogens with zero attached hydrogens (tertiary/aromatic N) is 2. The van der Waals surface area contributed by atoms with E-state index in [1.54, 1.807) is 12.1 Å². The topological polar surface area (TPSA) is 119 Å². The van der Waals surface area contributed by atoms with Crippen molar-refractivity contribution in [1.82, 2.24) is 10.3 Å². The number of carbonyl (C=O) groups is 2. The fourth-order valence-electron chi connectivity index (χ4n) is 4.65. The number of ether oxygens (including phenoxy) is 2. The van der Waals surface area contributed by atoms with E-state index in [9.17, 15) is 9.59 Å². The zero-order valence-electron chi connectivity index (χ0n) is 18.1. The van der Waals surface area contributed by atoms with Gasteiger partial charge < -0.3 is 25.8 Å². The Morgan fingerprint density at radius 1 is 1.27 bits per heavy atom. The summed E-state index contributed by atoms with van der Waals surface area (Å²) in [5.74, 6) is 1.28. The highest BCUT2D eigenvalue weighted by molar-refractivity contribution is 6.31. The second-order valence-electron chi connectivity index (χ2n) is 8.61. The number of nitrogens with two attached hydrogens (primary N) is 1. The lowest BCUT2D eigenvalue weighted by Gasteiger charge is -2.19. The number of rotatable bonds is 7. The third kappa shape index (κ3) is 4.48. The fraction of sp³-hybridized carbons (Fsp3) is 0.435. The molecule has 1 aromatic carbocycles. The summed E-state index contributed by atoms with van der Waals surface area (Å²) >= 11 is 6.32. The van der Waals surface area contributed by atoms with Crippen LogP contribution in [-0.2, 0) is 16.0 Å². The first-order chi connectivity index (χ1) is 16.0. The van der Waals surface area contributed by atoms with Gasteiger partial charge in [-0.25, -0.2) is 9.78 Å². The predicted molar refractivity (Wildman–Crippen MR) is 124 cm³/mol. The van der Waals surface area contributed by atoms with Gasteiger partial charge in [-0.1, -0.05) is 23.7 Å². The average Bonchev–Trinajstić information content (AvgIpc) is 3.33. The van der Waals surface area contributed by atoms with Gasteiger partial charge in [0.25, 0.3) is 5.91 Å². The zero-order valence-corrected chi connectivity index (χ0v) is 18.8. The van der Waals surface area contributed by atoms with Crippen molar-refractivity contribution in [2.45, 2.75) is 31.4 Å². The van der Waals surface area contributed by atoms with Gasteiger partial charge >= 0.3 is 6.09 Å². The van der Waals surface area contributed by atoms with E-state index in [-0.39, 0.29) is 24.7 Å². The first-order valence-corrected chi connectivity index (χ1v) is 11.5. The lowest BCUT2D eigenvalue weighted by molar-refractivity contribution is -0.118. The first kappa shape index (κ1) is 21.9. The van der Waals surface area contributed by atoms with Crippen molar-refractivity contribution in [2.75, 3.05) is 36.5 Å². The molecule has 2 aliphatic heterocycles. The molecule has 1 saturated heterocycles. The van der Waals surface area contributed by atoms with Crippen LogP contribution >= 0.6 is 11.6 Å². The van der Waals surface area contributed by atoms with Crippen LogP contribution in [0, 0.1) is 5.92 Å². The van der Waals surface area contributed by atoms with Crippen LogP contribution < -0.4 is 26.0 Å². The van der Waals surface area contributed by atoms with Crippen molar-refractivity contribution in [3.05, 3.63) is 46.5 Å². The number of hydrogen-bond acceptors (Lipinski definition) is 7. The van der Waals surface area contributed by atoms with E-state index >= 15 is 0 Å². The minimum Gasteiger partial charge on any atom is -0.480 e. The second-order valence-corrected chi connectivity index (χ2v) is 9.02. The summed E-state index contributed by atoms with van der Waals surface area (Å²) in [5.41, 5.74) is 8.72. The number of amides is 2. The molecule has 1 aliphatic carbocycles. The summed E-state index contributed by atoms with van der Waals surface area (Å²) in [6.07, 6.45) is 1.85. The van der Waals surface area contributed by atoms with E-state index < -0.39 is 6.09 Å². The molecule has 2 aromatic rings. The summed E-state index contributed by atoms with van der Waals surface area (Å²) in [5, 5.41) is 6.93. The third-order valence-electron chi connectivity index (χ3n) is 6.39. The van der Waals surface area contributed by atoms with Gasteiger partial charge in [-0.2, -0.15) is 0 Å². The molecule has 0 saturated carbocycles. The van der Waals surface area contributed by atoms with Gasteiger partial charge in [0.1, 0.15) is 11.9 Å². The Balaban J connectivity index is 1.07. The number of anilines is 2. The Morgan fingerprint density at radius 2 is 2.15 bits per heavy atom. The average molecular weight is 472 g/mol. The minimum absolute atomic E-state index is 0.00477. The Hall–Kier alpha value is -2.88. The van der Waals surface area contributed by atoms with Gasteiger partial charge in [-0.05, 0) is 61.1 Å². The van der Waals surface area contributed by atoms with Crippen molar-refractivity contribution in [3.8, 4) is 5.75 Å². The number of aromatic nitrogens is 1. The van der Waals surface area contributed by atoms with Crippen LogP contribution in [0.2, 0.25) is 5.02 Å². The van der Waals surface area contributed by atoms with E-state index in [2.05, 4.69) is 21.7 Å². The lowest BCUT2D eigenvalue weighted by Crippen LogP contribution is -2.30. The molecule has 0 radical (unpaired) electrons. The molecule has 3 aliphatic rings. The Labute approximate surface area is 196 Å². The van der Waals surface area contributed by atoms with E-state index in [1.165, 1.54) is 10.5 Å². The van der Waals surface area contributed by atoms with Gasteiger partial charge in [0.05, 0.1) is 6.54 Å². The van der Waals surface area contributed by atoms with Gasteiger partial charge in [0, 0.05) is 17.6 Å². The number of cyclic esters (lactones) is 1. The number of fused-ring (bicyclic) bond motifs is 2. The molecule has 33 heavy (non-hydrogen) atoms. The van der Waals surface area contributed by atoms with Crippen molar-refractivity contribution in [2.24, 2.45) is 11.7 Å². The SMILES string of the molecule is NC1c2cccc(Cl)c2CC1CNCCCC1CN(c2ccc3c(n2)NC(=O)CO3)C(=O)O1. The maximum atomic E-state index is 12.4. The number of pyridine rings is 1. The highest BCUT2D eigenvalue weighted by Crippen LogP contribution is 2.37. The number of hydrogen-bond donors (Lipinski definition) is 3. The maximum Gasteiger partial charge on any atom is 0.415 e. The van der Waals surface area contributed by atoms with E-state index in [4.69, 9.17) is 26.8 Å². The molecule has 2 amide bonds. The van der Waals surface area contributed by atoms with Crippen molar-refractivity contribution < 1.29 is 19.1 Å². The number of nitrogens with one attached hydrogen (secondary N) is 2. The van der Waals surface area contributed by atoms with Crippen molar-refractivity contribution >= 4 is 35.2 Å². The summed E-state index contributed by atoms with van der Waals surface area (Å²) in [6.45, 7) is 2.00. The summed E-state index contributed by atoms with van der Waals surface area (Å²) in [6, 6.07) is 9.31. The highest BCUT2D eigenvalue weighted by Gasteiger charge is 2.34.